The predicted octanol–water partition coefficient (Wildman–Crippen LogP) is 3.56. The lowest BCUT2D eigenvalue weighted by Crippen LogP contribution is -2.47. The van der Waals surface area contributed by atoms with Crippen LogP contribution in [0.15, 0.2) is 34.6 Å². The van der Waals surface area contributed by atoms with Gasteiger partial charge in [-0.25, -0.2) is 0 Å². The van der Waals surface area contributed by atoms with Crippen LogP contribution < -0.4 is 20.7 Å². The number of nitrogens with zero attached hydrogens (tertiary/aromatic N) is 6. The van der Waals surface area contributed by atoms with Crippen molar-refractivity contribution in [1.29, 1.82) is 0 Å². The number of hydrogen-bond donors (Lipinski definition) is 1. The lowest BCUT2D eigenvalue weighted by atomic mass is 9.83. The molecule has 2 fully saturated rings. The van der Waals surface area contributed by atoms with E-state index in [0.29, 0.717) is 17.8 Å². The molecule has 0 saturated carbocycles. The van der Waals surface area contributed by atoms with Gasteiger partial charge in [0.1, 0.15) is 0 Å². The number of piperidine rings is 1. The van der Waals surface area contributed by atoms with Gasteiger partial charge in [0.25, 0.3) is 5.56 Å². The van der Waals surface area contributed by atoms with Gasteiger partial charge in [0.15, 0.2) is 0 Å². The van der Waals surface area contributed by atoms with Crippen LogP contribution in [0.4, 0.5) is 17.8 Å². The van der Waals surface area contributed by atoms with Crippen molar-refractivity contribution < 1.29 is 0 Å². The molecule has 0 spiro atoms. The number of hydrogen-bond acceptors (Lipinski definition) is 7. The fourth-order valence-electron chi connectivity index (χ4n) is 6.16. The molecule has 1 aliphatic carbocycles. The van der Waals surface area contributed by atoms with E-state index in [1.165, 1.54) is 38.5 Å². The summed E-state index contributed by atoms with van der Waals surface area (Å²) in [5.74, 6) is 3.04. The van der Waals surface area contributed by atoms with Crippen molar-refractivity contribution in [2.45, 2.75) is 63.8 Å². The second-order valence-corrected chi connectivity index (χ2v) is 10.3. The highest BCUT2D eigenvalue weighted by molar-refractivity contribution is 5.47. The summed E-state index contributed by atoms with van der Waals surface area (Å²) in [6, 6.07) is 5.69. The Kier molecular flexibility index (Phi) is 5.97. The summed E-state index contributed by atoms with van der Waals surface area (Å²) in [5.41, 5.74) is 2.84. The fourth-order valence-corrected chi connectivity index (χ4v) is 6.16. The van der Waals surface area contributed by atoms with Crippen LogP contribution >= 0.6 is 0 Å². The lowest BCUT2D eigenvalue weighted by Gasteiger charge is -2.42. The number of rotatable bonds is 6. The van der Waals surface area contributed by atoms with E-state index in [2.05, 4.69) is 27.3 Å². The molecule has 5 heterocycles. The SMILES string of the molecule is O=c1cccc2n1C[C@H]1C[C@@H]2CN(c2nc(NCCC3=CCCCC3)nc(N3CCCC3)n2)C1. The zero-order valence-electron chi connectivity index (χ0n) is 20.0. The Bertz CT molecular complexity index is 1120. The highest BCUT2D eigenvalue weighted by atomic mass is 16.1. The molecule has 6 rings (SSSR count). The minimum atomic E-state index is 0.122. The number of fused-ring (bicyclic) bond motifs is 4. The topological polar surface area (TPSA) is 79.2 Å². The van der Waals surface area contributed by atoms with E-state index in [9.17, 15) is 4.79 Å². The fraction of sp³-hybridized carbons (Fsp3) is 0.615. The van der Waals surface area contributed by atoms with Crippen molar-refractivity contribution >= 4 is 17.8 Å². The molecular formula is C26H35N7O. The van der Waals surface area contributed by atoms with Crippen LogP contribution in [0.1, 0.15) is 63.0 Å². The molecule has 3 aliphatic heterocycles. The lowest BCUT2D eigenvalue weighted by molar-refractivity contribution is 0.279. The Hall–Kier alpha value is -2.90. The number of anilines is 3. The number of pyridine rings is 1. The monoisotopic (exact) mass is 461 g/mol. The molecule has 2 saturated heterocycles. The van der Waals surface area contributed by atoms with Crippen LogP contribution in [-0.4, -0.2) is 52.2 Å². The molecule has 2 aromatic heterocycles. The first-order valence-corrected chi connectivity index (χ1v) is 13.1. The van der Waals surface area contributed by atoms with Gasteiger partial charge in [-0.05, 0) is 63.4 Å². The van der Waals surface area contributed by atoms with E-state index in [0.717, 1.165) is 69.7 Å². The first-order valence-electron chi connectivity index (χ1n) is 13.1. The van der Waals surface area contributed by atoms with E-state index in [4.69, 9.17) is 15.0 Å². The Morgan fingerprint density at radius 1 is 0.941 bits per heavy atom. The third-order valence-corrected chi connectivity index (χ3v) is 7.88. The van der Waals surface area contributed by atoms with E-state index >= 15 is 0 Å². The average Bonchev–Trinajstić information content (AvgIpc) is 3.40. The van der Waals surface area contributed by atoms with Crippen molar-refractivity contribution in [2.24, 2.45) is 5.92 Å². The molecule has 1 N–H and O–H groups in total. The van der Waals surface area contributed by atoms with Crippen molar-refractivity contribution in [1.82, 2.24) is 19.5 Å². The van der Waals surface area contributed by atoms with Gasteiger partial charge in [0.2, 0.25) is 17.8 Å². The Morgan fingerprint density at radius 2 is 1.79 bits per heavy atom. The van der Waals surface area contributed by atoms with Gasteiger partial charge in [-0.2, -0.15) is 15.0 Å². The molecule has 2 atom stereocenters. The Morgan fingerprint density at radius 3 is 2.62 bits per heavy atom. The van der Waals surface area contributed by atoms with E-state index < -0.39 is 0 Å². The summed E-state index contributed by atoms with van der Waals surface area (Å²) in [5, 5.41) is 3.51. The summed E-state index contributed by atoms with van der Waals surface area (Å²) in [6.45, 7) is 5.39. The molecule has 2 bridgehead atoms. The van der Waals surface area contributed by atoms with Crippen LogP contribution in [0.3, 0.4) is 0 Å². The van der Waals surface area contributed by atoms with E-state index in [1.807, 2.05) is 10.6 Å². The minimum absolute atomic E-state index is 0.122. The van der Waals surface area contributed by atoms with Crippen molar-refractivity contribution in [3.05, 3.63) is 45.9 Å². The second-order valence-electron chi connectivity index (χ2n) is 10.3. The smallest absolute Gasteiger partial charge is 0.250 e. The molecule has 0 aromatic carbocycles. The average molecular weight is 462 g/mol. The molecule has 0 unspecified atom stereocenters. The molecule has 8 nitrogen and oxygen atoms in total. The number of nitrogens with one attached hydrogen (secondary N) is 1. The molecule has 34 heavy (non-hydrogen) atoms. The van der Waals surface area contributed by atoms with Crippen molar-refractivity contribution in [3.8, 4) is 0 Å². The van der Waals surface area contributed by atoms with E-state index in [-0.39, 0.29) is 5.56 Å². The first kappa shape index (κ1) is 21.6. The van der Waals surface area contributed by atoms with Crippen LogP contribution in [0.2, 0.25) is 0 Å². The second kappa shape index (κ2) is 9.39. The maximum atomic E-state index is 12.4. The van der Waals surface area contributed by atoms with Gasteiger partial charge in [-0.1, -0.05) is 17.7 Å². The van der Waals surface area contributed by atoms with Gasteiger partial charge < -0.3 is 19.7 Å². The summed E-state index contributed by atoms with van der Waals surface area (Å²) in [6.07, 6.45) is 12.1. The molecule has 0 amide bonds. The highest BCUT2D eigenvalue weighted by Crippen LogP contribution is 2.36. The maximum Gasteiger partial charge on any atom is 0.250 e. The van der Waals surface area contributed by atoms with Crippen LogP contribution in [0.5, 0.6) is 0 Å². The van der Waals surface area contributed by atoms with Gasteiger partial charge in [0, 0.05) is 56.9 Å². The van der Waals surface area contributed by atoms with Crippen LogP contribution in [0, 0.1) is 5.92 Å². The van der Waals surface area contributed by atoms with Gasteiger partial charge in [-0.3, -0.25) is 4.79 Å². The predicted molar refractivity (Wildman–Crippen MR) is 135 cm³/mol. The van der Waals surface area contributed by atoms with Crippen molar-refractivity contribution in [2.75, 3.05) is 47.8 Å². The van der Waals surface area contributed by atoms with Crippen LogP contribution in [-0.2, 0) is 6.54 Å². The molecular weight excluding hydrogens is 426 g/mol. The molecule has 4 aliphatic rings. The summed E-state index contributed by atoms with van der Waals surface area (Å²) < 4.78 is 1.98. The Balaban J connectivity index is 1.24. The number of aromatic nitrogens is 4. The largest absolute Gasteiger partial charge is 0.354 e. The minimum Gasteiger partial charge on any atom is -0.354 e. The molecule has 2 aromatic rings. The number of allylic oxidation sites excluding steroid dienone is 1. The zero-order chi connectivity index (χ0) is 22.9. The Labute approximate surface area is 201 Å². The van der Waals surface area contributed by atoms with Gasteiger partial charge in [0.05, 0.1) is 0 Å². The maximum absolute atomic E-state index is 12.4. The first-order chi connectivity index (χ1) is 16.7. The summed E-state index contributed by atoms with van der Waals surface area (Å²) in [7, 11) is 0. The quantitative estimate of drug-likeness (QED) is 0.659. The molecule has 0 radical (unpaired) electrons. The van der Waals surface area contributed by atoms with Gasteiger partial charge in [-0.15, -0.1) is 0 Å². The third-order valence-electron chi connectivity index (χ3n) is 7.88. The third kappa shape index (κ3) is 4.42. The molecule has 8 heteroatoms. The highest BCUT2D eigenvalue weighted by Gasteiger charge is 2.36. The summed E-state index contributed by atoms with van der Waals surface area (Å²) >= 11 is 0. The standard InChI is InChI=1S/C26H35N7O/c34-23-10-6-9-22-21-15-20(17-33(22)23)16-32(18-21)26-29-24(27-12-11-19-7-2-1-3-8-19)28-25(30-26)31-13-4-5-14-31/h6-7,9-10,20-21H,1-5,8,11-18H2,(H,27,28,29,30)/t20-,21+/m0/s1. The molecule has 180 valence electrons. The van der Waals surface area contributed by atoms with E-state index in [1.54, 1.807) is 11.6 Å². The van der Waals surface area contributed by atoms with Crippen molar-refractivity contribution in [3.63, 3.8) is 0 Å². The normalized spacial score (nSPS) is 24.1. The van der Waals surface area contributed by atoms with Crippen LogP contribution in [0.25, 0.3) is 0 Å². The van der Waals surface area contributed by atoms with Gasteiger partial charge >= 0.3 is 0 Å². The summed E-state index contributed by atoms with van der Waals surface area (Å²) in [4.78, 5) is 31.7. The zero-order valence-corrected chi connectivity index (χ0v) is 20.0.